The Morgan fingerprint density at radius 2 is 1.96 bits per heavy atom. The summed E-state index contributed by atoms with van der Waals surface area (Å²) < 4.78 is 1.62. The van der Waals surface area contributed by atoms with Gasteiger partial charge in [-0.25, -0.2) is 9.67 Å². The van der Waals surface area contributed by atoms with Gasteiger partial charge in [-0.1, -0.05) is 23.7 Å². The smallest absolute Gasteiger partial charge is 0.294 e. The van der Waals surface area contributed by atoms with Gasteiger partial charge < -0.3 is 4.90 Å². The number of aryl methyl sites for hydroxylation is 1. The minimum atomic E-state index is -0.154. The molecule has 7 heteroatoms. The molecule has 1 aliphatic carbocycles. The second-order valence-electron chi connectivity index (χ2n) is 6.37. The fraction of sp³-hybridized carbons (Fsp3) is 0.263. The van der Waals surface area contributed by atoms with Gasteiger partial charge in [0.25, 0.3) is 5.91 Å². The summed E-state index contributed by atoms with van der Waals surface area (Å²) in [5, 5.41) is 5.00. The molecule has 0 radical (unpaired) electrons. The zero-order valence-corrected chi connectivity index (χ0v) is 15.1. The Hall–Kier alpha value is -2.73. The molecule has 0 atom stereocenters. The number of hydrogen-bond donors (Lipinski definition) is 0. The number of rotatable bonds is 5. The molecule has 0 spiro atoms. The highest BCUT2D eigenvalue weighted by Crippen LogP contribution is 2.29. The van der Waals surface area contributed by atoms with Gasteiger partial charge in [0.05, 0.1) is 10.7 Å². The van der Waals surface area contributed by atoms with Crippen molar-refractivity contribution < 1.29 is 4.79 Å². The molecule has 0 saturated heterocycles. The standard InChI is InChI=1S/C19H18ClN5O/c1-13-22-18(23-25(13)17-5-3-2-4-16(17)20)19(26)24(15-6-7-15)12-14-8-10-21-11-9-14/h2-5,8-11,15H,6-7,12H2,1H3. The van der Waals surface area contributed by atoms with Gasteiger partial charge in [-0.05, 0) is 49.6 Å². The number of para-hydroxylation sites is 1. The van der Waals surface area contributed by atoms with Gasteiger partial charge in [0, 0.05) is 25.0 Å². The van der Waals surface area contributed by atoms with Crippen molar-refractivity contribution in [3.63, 3.8) is 0 Å². The summed E-state index contributed by atoms with van der Waals surface area (Å²) in [7, 11) is 0. The molecule has 1 aliphatic rings. The zero-order chi connectivity index (χ0) is 18.1. The second kappa shape index (κ2) is 6.88. The number of carbonyl (C=O) groups is 1. The average Bonchev–Trinajstić information content (AvgIpc) is 3.42. The SMILES string of the molecule is Cc1nc(C(=O)N(Cc2ccncc2)C2CC2)nn1-c1ccccc1Cl. The van der Waals surface area contributed by atoms with E-state index in [0.29, 0.717) is 23.1 Å². The molecule has 0 N–H and O–H groups in total. The van der Waals surface area contributed by atoms with Crippen molar-refractivity contribution in [1.82, 2.24) is 24.6 Å². The largest absolute Gasteiger partial charge is 0.329 e. The molecule has 1 fully saturated rings. The molecule has 4 rings (SSSR count). The maximum atomic E-state index is 13.1. The van der Waals surface area contributed by atoms with Gasteiger partial charge in [0.2, 0.25) is 5.82 Å². The van der Waals surface area contributed by atoms with Crippen molar-refractivity contribution in [3.05, 3.63) is 71.0 Å². The number of pyridine rings is 1. The van der Waals surface area contributed by atoms with E-state index in [2.05, 4.69) is 15.1 Å². The molecule has 2 aromatic heterocycles. The van der Waals surface area contributed by atoms with Crippen LogP contribution in [0, 0.1) is 6.92 Å². The van der Waals surface area contributed by atoms with Gasteiger partial charge in [0.15, 0.2) is 0 Å². The van der Waals surface area contributed by atoms with E-state index in [1.54, 1.807) is 23.1 Å². The summed E-state index contributed by atoms with van der Waals surface area (Å²) >= 11 is 6.26. The van der Waals surface area contributed by atoms with E-state index in [1.807, 2.05) is 42.2 Å². The van der Waals surface area contributed by atoms with Crippen molar-refractivity contribution in [2.75, 3.05) is 0 Å². The summed E-state index contributed by atoms with van der Waals surface area (Å²) in [6.07, 6.45) is 5.50. The van der Waals surface area contributed by atoms with Crippen LogP contribution in [-0.4, -0.2) is 36.6 Å². The van der Waals surface area contributed by atoms with Crippen LogP contribution in [0.2, 0.25) is 5.02 Å². The quantitative estimate of drug-likeness (QED) is 0.693. The monoisotopic (exact) mass is 367 g/mol. The maximum absolute atomic E-state index is 13.1. The molecule has 0 aliphatic heterocycles. The molecule has 2 heterocycles. The van der Waals surface area contributed by atoms with Crippen molar-refractivity contribution in [2.24, 2.45) is 0 Å². The van der Waals surface area contributed by atoms with Crippen molar-refractivity contribution >= 4 is 17.5 Å². The lowest BCUT2D eigenvalue weighted by atomic mass is 10.2. The molecule has 3 aromatic rings. The van der Waals surface area contributed by atoms with Gasteiger partial charge in [0.1, 0.15) is 5.82 Å². The lowest BCUT2D eigenvalue weighted by Gasteiger charge is -2.20. The normalized spacial score (nSPS) is 13.6. The average molecular weight is 368 g/mol. The molecule has 0 bridgehead atoms. The molecule has 1 amide bonds. The molecular weight excluding hydrogens is 350 g/mol. The molecule has 132 valence electrons. The highest BCUT2D eigenvalue weighted by atomic mass is 35.5. The van der Waals surface area contributed by atoms with Crippen LogP contribution in [0.3, 0.4) is 0 Å². The van der Waals surface area contributed by atoms with Crippen molar-refractivity contribution in [1.29, 1.82) is 0 Å². The number of amides is 1. The number of aromatic nitrogens is 4. The first-order chi connectivity index (χ1) is 12.6. The third kappa shape index (κ3) is 3.32. The van der Waals surface area contributed by atoms with E-state index >= 15 is 0 Å². The minimum Gasteiger partial charge on any atom is -0.329 e. The Morgan fingerprint density at radius 1 is 1.23 bits per heavy atom. The van der Waals surface area contributed by atoms with Gasteiger partial charge in [-0.15, -0.1) is 5.10 Å². The third-order valence-electron chi connectivity index (χ3n) is 4.39. The summed E-state index contributed by atoms with van der Waals surface area (Å²) in [6.45, 7) is 2.35. The van der Waals surface area contributed by atoms with Gasteiger partial charge >= 0.3 is 0 Å². The number of benzene rings is 1. The van der Waals surface area contributed by atoms with E-state index in [1.165, 1.54) is 0 Å². The van der Waals surface area contributed by atoms with Crippen LogP contribution in [-0.2, 0) is 6.54 Å². The Labute approximate surface area is 156 Å². The number of carbonyl (C=O) groups excluding carboxylic acids is 1. The minimum absolute atomic E-state index is 0.154. The molecule has 26 heavy (non-hydrogen) atoms. The first kappa shape index (κ1) is 16.7. The van der Waals surface area contributed by atoms with Crippen LogP contribution in [0.25, 0.3) is 5.69 Å². The third-order valence-corrected chi connectivity index (χ3v) is 4.71. The number of nitrogens with zero attached hydrogens (tertiary/aromatic N) is 5. The van der Waals surface area contributed by atoms with E-state index in [0.717, 1.165) is 18.4 Å². The number of halogens is 1. The predicted molar refractivity (Wildman–Crippen MR) is 98.2 cm³/mol. The van der Waals surface area contributed by atoms with Crippen molar-refractivity contribution in [3.8, 4) is 5.69 Å². The lowest BCUT2D eigenvalue weighted by molar-refractivity contribution is 0.0717. The van der Waals surface area contributed by atoms with Crippen LogP contribution in [0.5, 0.6) is 0 Å². The maximum Gasteiger partial charge on any atom is 0.294 e. The first-order valence-corrected chi connectivity index (χ1v) is 8.89. The predicted octanol–water partition coefficient (Wildman–Crippen LogP) is 3.43. The van der Waals surface area contributed by atoms with Crippen LogP contribution < -0.4 is 0 Å². The Balaban J connectivity index is 1.63. The zero-order valence-electron chi connectivity index (χ0n) is 14.3. The topological polar surface area (TPSA) is 63.9 Å². The summed E-state index contributed by atoms with van der Waals surface area (Å²) in [4.78, 5) is 23.3. The van der Waals surface area contributed by atoms with E-state index in [9.17, 15) is 4.79 Å². The molecular formula is C19H18ClN5O. The highest BCUT2D eigenvalue weighted by molar-refractivity contribution is 6.32. The Morgan fingerprint density at radius 3 is 2.65 bits per heavy atom. The summed E-state index contributed by atoms with van der Waals surface area (Å²) in [6, 6.07) is 11.5. The Kier molecular flexibility index (Phi) is 4.42. The van der Waals surface area contributed by atoms with Gasteiger partial charge in [-0.2, -0.15) is 0 Å². The van der Waals surface area contributed by atoms with Crippen LogP contribution >= 0.6 is 11.6 Å². The summed E-state index contributed by atoms with van der Waals surface area (Å²) in [5.41, 5.74) is 1.76. The van der Waals surface area contributed by atoms with E-state index in [-0.39, 0.29) is 17.8 Å². The molecule has 0 unspecified atom stereocenters. The number of hydrogen-bond acceptors (Lipinski definition) is 4. The summed E-state index contributed by atoms with van der Waals surface area (Å²) in [5.74, 6) is 0.669. The van der Waals surface area contributed by atoms with Crippen LogP contribution in [0.1, 0.15) is 34.8 Å². The molecule has 1 saturated carbocycles. The van der Waals surface area contributed by atoms with Gasteiger partial charge in [-0.3, -0.25) is 9.78 Å². The van der Waals surface area contributed by atoms with Crippen LogP contribution in [0.15, 0.2) is 48.8 Å². The van der Waals surface area contributed by atoms with E-state index in [4.69, 9.17) is 11.6 Å². The lowest BCUT2D eigenvalue weighted by Crippen LogP contribution is -2.33. The second-order valence-corrected chi connectivity index (χ2v) is 6.77. The Bertz CT molecular complexity index is 936. The highest BCUT2D eigenvalue weighted by Gasteiger charge is 2.35. The fourth-order valence-electron chi connectivity index (χ4n) is 2.90. The van der Waals surface area contributed by atoms with Crippen LogP contribution in [0.4, 0.5) is 0 Å². The molecule has 6 nitrogen and oxygen atoms in total. The molecule has 1 aromatic carbocycles. The van der Waals surface area contributed by atoms with Crippen molar-refractivity contribution in [2.45, 2.75) is 32.4 Å². The fourth-order valence-corrected chi connectivity index (χ4v) is 3.11. The van der Waals surface area contributed by atoms with E-state index < -0.39 is 0 Å². The first-order valence-electron chi connectivity index (χ1n) is 8.52.